The number of aromatic nitrogens is 5. The van der Waals surface area contributed by atoms with E-state index in [4.69, 9.17) is 4.98 Å². The average molecular weight is 441 g/mol. The van der Waals surface area contributed by atoms with Gasteiger partial charge in [0.1, 0.15) is 11.4 Å². The molecular weight excluding hydrogens is 416 g/mol. The number of aliphatic hydroxyl groups excluding tert-OH is 1. The minimum absolute atomic E-state index is 0.0748. The summed E-state index contributed by atoms with van der Waals surface area (Å²) in [5.74, 6) is 0.469. The van der Waals surface area contributed by atoms with Gasteiger partial charge in [0.2, 0.25) is 0 Å². The van der Waals surface area contributed by atoms with Crippen LogP contribution in [0.25, 0.3) is 28.1 Å². The van der Waals surface area contributed by atoms with E-state index in [2.05, 4.69) is 20.3 Å². The number of benzene rings is 2. The Labute approximate surface area is 190 Å². The van der Waals surface area contributed by atoms with Crippen molar-refractivity contribution in [3.8, 4) is 17.1 Å². The van der Waals surface area contributed by atoms with Gasteiger partial charge >= 0.3 is 0 Å². The molecule has 0 saturated heterocycles. The number of hydrogen-bond acceptors (Lipinski definition) is 5. The van der Waals surface area contributed by atoms with Crippen molar-refractivity contribution in [2.75, 3.05) is 11.9 Å². The lowest BCUT2D eigenvalue weighted by atomic mass is 10.1. The maximum atomic E-state index is 12.9. The number of nitrogens with one attached hydrogen (secondary N) is 3. The molecule has 3 heterocycles. The van der Waals surface area contributed by atoms with Crippen LogP contribution in [0.1, 0.15) is 11.1 Å². The number of fused-ring (bicyclic) bond motifs is 1. The van der Waals surface area contributed by atoms with Crippen LogP contribution in [0.4, 0.5) is 5.69 Å². The van der Waals surface area contributed by atoms with Crippen molar-refractivity contribution in [1.29, 1.82) is 0 Å². The molecular formula is C25H24N6O2. The Morgan fingerprint density at radius 3 is 2.79 bits per heavy atom. The molecule has 0 aliphatic carbocycles. The number of aliphatic hydroxyl groups is 1. The van der Waals surface area contributed by atoms with Crippen LogP contribution in [-0.2, 0) is 6.42 Å². The molecule has 5 aromatic rings. The molecule has 0 fully saturated rings. The van der Waals surface area contributed by atoms with Crippen molar-refractivity contribution in [3.63, 3.8) is 0 Å². The first-order chi connectivity index (χ1) is 16.1. The molecule has 0 aliphatic rings. The number of aryl methyl sites for hydroxylation is 1. The molecule has 4 N–H and O–H groups in total. The summed E-state index contributed by atoms with van der Waals surface area (Å²) in [6, 6.07) is 15.5. The van der Waals surface area contributed by atoms with Crippen LogP contribution < -0.4 is 10.9 Å². The fourth-order valence-corrected chi connectivity index (χ4v) is 4.06. The first-order valence-electron chi connectivity index (χ1n) is 10.7. The van der Waals surface area contributed by atoms with Crippen molar-refractivity contribution in [3.05, 3.63) is 94.9 Å². The number of aromatic amines is 2. The monoisotopic (exact) mass is 440 g/mol. The topological polar surface area (TPSA) is 112 Å². The van der Waals surface area contributed by atoms with Gasteiger partial charge in [-0.05, 0) is 42.7 Å². The minimum Gasteiger partial charge on any atom is -0.394 e. The summed E-state index contributed by atoms with van der Waals surface area (Å²) in [4.78, 5) is 27.8. The summed E-state index contributed by atoms with van der Waals surface area (Å²) in [7, 11) is 0. The lowest BCUT2D eigenvalue weighted by molar-refractivity contribution is 0.274. The molecule has 0 radical (unpaired) electrons. The zero-order valence-corrected chi connectivity index (χ0v) is 18.1. The SMILES string of the molecule is Cc1cc(-n2ccnc2)cc2[nH]c(-c3c(N[C@@H](CO)Cc4ccccc4)cc[nH]c3=O)nc12. The number of pyridine rings is 1. The van der Waals surface area contributed by atoms with E-state index in [1.165, 1.54) is 0 Å². The van der Waals surface area contributed by atoms with Crippen LogP contribution >= 0.6 is 0 Å². The van der Waals surface area contributed by atoms with Crippen LogP contribution in [0.15, 0.2) is 78.2 Å². The number of nitrogens with zero attached hydrogens (tertiary/aromatic N) is 3. The highest BCUT2D eigenvalue weighted by Gasteiger charge is 2.18. The largest absolute Gasteiger partial charge is 0.394 e. The first kappa shape index (κ1) is 20.7. The lowest BCUT2D eigenvalue weighted by Gasteiger charge is -2.19. The van der Waals surface area contributed by atoms with Crippen LogP contribution in [-0.4, -0.2) is 42.3 Å². The molecule has 8 nitrogen and oxygen atoms in total. The first-order valence-corrected chi connectivity index (χ1v) is 10.7. The molecule has 0 bridgehead atoms. The van der Waals surface area contributed by atoms with Crippen LogP contribution in [0.3, 0.4) is 0 Å². The Kier molecular flexibility index (Phi) is 5.50. The number of hydrogen-bond donors (Lipinski definition) is 4. The quantitative estimate of drug-likeness (QED) is 0.310. The average Bonchev–Trinajstić information content (AvgIpc) is 3.50. The van der Waals surface area contributed by atoms with Gasteiger partial charge in [0.25, 0.3) is 5.56 Å². The highest BCUT2D eigenvalue weighted by molar-refractivity contribution is 5.86. The van der Waals surface area contributed by atoms with Crippen molar-refractivity contribution in [2.45, 2.75) is 19.4 Å². The van der Waals surface area contributed by atoms with Crippen LogP contribution in [0.5, 0.6) is 0 Å². The fourth-order valence-electron chi connectivity index (χ4n) is 4.06. The zero-order chi connectivity index (χ0) is 22.8. The van der Waals surface area contributed by atoms with Gasteiger partial charge in [-0.25, -0.2) is 9.97 Å². The third-order valence-electron chi connectivity index (χ3n) is 5.67. The summed E-state index contributed by atoms with van der Waals surface area (Å²) >= 11 is 0. The summed E-state index contributed by atoms with van der Waals surface area (Å²) in [5.41, 5.74) is 5.42. The maximum Gasteiger partial charge on any atom is 0.261 e. The van der Waals surface area contributed by atoms with Crippen molar-refractivity contribution >= 4 is 16.7 Å². The van der Waals surface area contributed by atoms with Crippen molar-refractivity contribution in [2.24, 2.45) is 0 Å². The maximum absolute atomic E-state index is 12.9. The third kappa shape index (κ3) is 4.16. The van der Waals surface area contributed by atoms with E-state index in [-0.39, 0.29) is 18.2 Å². The van der Waals surface area contributed by atoms with Gasteiger partial charge in [0, 0.05) is 24.3 Å². The Bertz CT molecular complexity index is 1440. The molecule has 0 spiro atoms. The molecule has 3 aromatic heterocycles. The zero-order valence-electron chi connectivity index (χ0n) is 18.1. The molecule has 0 saturated carbocycles. The standard InChI is InChI=1S/C25H24N6O2/c1-16-11-19(31-10-9-26-15-31)13-21-23(16)30-24(29-21)22-20(7-8-27-25(22)33)28-18(14-32)12-17-5-3-2-4-6-17/h2-11,13,15,18,32H,12,14H2,1H3,(H,29,30)(H2,27,28,33)/t18-/m1/s1. The second-order valence-electron chi connectivity index (χ2n) is 8.02. The molecule has 0 unspecified atom stereocenters. The molecule has 0 amide bonds. The van der Waals surface area contributed by atoms with Gasteiger partial charge in [0.15, 0.2) is 0 Å². The fraction of sp³-hybridized carbons (Fsp3) is 0.160. The van der Waals surface area contributed by atoms with E-state index in [1.807, 2.05) is 60.2 Å². The van der Waals surface area contributed by atoms with E-state index in [9.17, 15) is 9.90 Å². The van der Waals surface area contributed by atoms with Crippen molar-refractivity contribution in [1.82, 2.24) is 24.5 Å². The van der Waals surface area contributed by atoms with Crippen LogP contribution in [0.2, 0.25) is 0 Å². The number of imidazole rings is 2. The lowest BCUT2D eigenvalue weighted by Crippen LogP contribution is -2.28. The van der Waals surface area contributed by atoms with Gasteiger partial charge in [-0.3, -0.25) is 4.79 Å². The van der Waals surface area contributed by atoms with E-state index in [0.29, 0.717) is 23.5 Å². The summed E-state index contributed by atoms with van der Waals surface area (Å²) in [6.45, 7) is 1.91. The second-order valence-corrected chi connectivity index (χ2v) is 8.02. The molecule has 8 heteroatoms. The smallest absolute Gasteiger partial charge is 0.261 e. The predicted molar refractivity (Wildman–Crippen MR) is 129 cm³/mol. The van der Waals surface area contributed by atoms with Gasteiger partial charge in [0.05, 0.1) is 35.7 Å². The molecule has 5 rings (SSSR count). The molecule has 2 aromatic carbocycles. The van der Waals surface area contributed by atoms with Gasteiger partial charge in [-0.2, -0.15) is 0 Å². The Morgan fingerprint density at radius 1 is 1.18 bits per heavy atom. The van der Waals surface area contributed by atoms with E-state index >= 15 is 0 Å². The van der Waals surface area contributed by atoms with Gasteiger partial charge in [-0.15, -0.1) is 0 Å². The predicted octanol–water partition coefficient (Wildman–Crippen LogP) is 3.43. The molecule has 166 valence electrons. The minimum atomic E-state index is -0.261. The van der Waals surface area contributed by atoms with E-state index in [0.717, 1.165) is 27.8 Å². The molecule has 33 heavy (non-hydrogen) atoms. The van der Waals surface area contributed by atoms with Crippen LogP contribution in [0, 0.1) is 6.92 Å². The summed E-state index contributed by atoms with van der Waals surface area (Å²) < 4.78 is 1.92. The normalized spacial score (nSPS) is 12.2. The van der Waals surface area contributed by atoms with Gasteiger partial charge < -0.3 is 25.0 Å². The van der Waals surface area contributed by atoms with E-state index < -0.39 is 0 Å². The van der Waals surface area contributed by atoms with Crippen molar-refractivity contribution < 1.29 is 5.11 Å². The van der Waals surface area contributed by atoms with E-state index in [1.54, 1.807) is 24.8 Å². The number of rotatable bonds is 7. The van der Waals surface area contributed by atoms with Gasteiger partial charge in [-0.1, -0.05) is 30.3 Å². The highest BCUT2D eigenvalue weighted by atomic mass is 16.3. The highest BCUT2D eigenvalue weighted by Crippen LogP contribution is 2.28. The molecule has 0 aliphatic heterocycles. The summed E-state index contributed by atoms with van der Waals surface area (Å²) in [6.07, 6.45) is 7.56. The Hall–Kier alpha value is -4.17. The number of anilines is 1. The Morgan fingerprint density at radius 2 is 2.03 bits per heavy atom. The summed E-state index contributed by atoms with van der Waals surface area (Å²) in [5, 5.41) is 13.3. The third-order valence-corrected chi connectivity index (χ3v) is 5.67. The molecule has 1 atom stereocenters. The second kappa shape index (κ2) is 8.76. The Balaban J connectivity index is 1.53. The number of H-pyrrole nitrogens is 2.